The Morgan fingerprint density at radius 1 is 1.30 bits per heavy atom. The van der Waals surface area contributed by atoms with Gasteiger partial charge in [0.25, 0.3) is 0 Å². The van der Waals surface area contributed by atoms with Gasteiger partial charge in [-0.1, -0.05) is 0 Å². The summed E-state index contributed by atoms with van der Waals surface area (Å²) < 4.78 is 5.43. The van der Waals surface area contributed by atoms with E-state index in [1.807, 2.05) is 0 Å². The Labute approximate surface area is 117 Å². The molecule has 8 heteroatoms. The molecule has 0 radical (unpaired) electrons. The lowest BCUT2D eigenvalue weighted by Crippen LogP contribution is -2.46. The Bertz CT molecular complexity index is 353. The Kier molecular flexibility index (Phi) is 6.96. The minimum absolute atomic E-state index is 0.00275. The zero-order valence-electron chi connectivity index (χ0n) is 11.3. The molecular weight excluding hydrogens is 266 g/mol. The number of ether oxygens (including phenoxy) is 1. The molecule has 20 heavy (non-hydrogen) atoms. The van der Waals surface area contributed by atoms with E-state index in [0.29, 0.717) is 25.9 Å². The summed E-state index contributed by atoms with van der Waals surface area (Å²) >= 11 is 0. The Hall–Kier alpha value is -1.67. The van der Waals surface area contributed by atoms with Crippen molar-refractivity contribution in [2.75, 3.05) is 32.8 Å². The van der Waals surface area contributed by atoms with Crippen molar-refractivity contribution in [2.24, 2.45) is 5.73 Å². The van der Waals surface area contributed by atoms with Crippen LogP contribution < -0.4 is 11.1 Å². The number of piperidine rings is 1. The molecule has 0 spiro atoms. The summed E-state index contributed by atoms with van der Waals surface area (Å²) in [4.78, 5) is 34.7. The number of aliphatic carboxylic acids is 1. The fraction of sp³-hybridized carbons (Fsp3) is 0.750. The number of nitrogens with two attached hydrogens (primary N) is 1. The van der Waals surface area contributed by atoms with Crippen LogP contribution in [0.25, 0.3) is 0 Å². The molecule has 1 aliphatic rings. The van der Waals surface area contributed by atoms with Crippen LogP contribution in [0.4, 0.5) is 0 Å². The van der Waals surface area contributed by atoms with Gasteiger partial charge in [-0.3, -0.25) is 14.4 Å². The Morgan fingerprint density at radius 2 is 1.95 bits per heavy atom. The highest BCUT2D eigenvalue weighted by molar-refractivity contribution is 5.85. The maximum Gasteiger partial charge on any atom is 0.305 e. The maximum atomic E-state index is 11.8. The number of carboxylic acid groups (broad SMARTS) is 1. The quantitative estimate of drug-likeness (QED) is 0.526. The van der Waals surface area contributed by atoms with Gasteiger partial charge in [0.05, 0.1) is 32.2 Å². The zero-order valence-corrected chi connectivity index (χ0v) is 11.3. The molecule has 8 nitrogen and oxygen atoms in total. The fourth-order valence-electron chi connectivity index (χ4n) is 1.94. The highest BCUT2D eigenvalue weighted by Crippen LogP contribution is 2.13. The Morgan fingerprint density at radius 3 is 2.50 bits per heavy atom. The molecule has 0 aliphatic carbocycles. The van der Waals surface area contributed by atoms with Gasteiger partial charge in [0.15, 0.2) is 0 Å². The van der Waals surface area contributed by atoms with Crippen LogP contribution in [0.2, 0.25) is 0 Å². The van der Waals surface area contributed by atoms with Gasteiger partial charge in [-0.15, -0.1) is 0 Å². The molecule has 1 heterocycles. The number of carboxylic acids is 1. The van der Waals surface area contributed by atoms with Crippen LogP contribution in [-0.2, 0) is 19.1 Å². The third kappa shape index (κ3) is 5.98. The summed E-state index contributed by atoms with van der Waals surface area (Å²) in [5.74, 6) is -1.38. The SMILES string of the molecule is NCC(=O)NCC(=O)N1CCC(OCCC(=O)O)CC1. The second-order valence-electron chi connectivity index (χ2n) is 4.58. The molecule has 0 atom stereocenters. The van der Waals surface area contributed by atoms with Gasteiger partial charge in [-0.2, -0.15) is 0 Å². The summed E-state index contributed by atoms with van der Waals surface area (Å²) in [7, 11) is 0. The molecule has 0 aromatic heterocycles. The summed E-state index contributed by atoms with van der Waals surface area (Å²) in [6.07, 6.45) is 1.34. The first kappa shape index (κ1) is 16.4. The molecule has 0 aromatic carbocycles. The fourth-order valence-corrected chi connectivity index (χ4v) is 1.94. The van der Waals surface area contributed by atoms with Crippen LogP contribution >= 0.6 is 0 Å². The van der Waals surface area contributed by atoms with Crippen molar-refractivity contribution < 1.29 is 24.2 Å². The predicted molar refractivity (Wildman–Crippen MR) is 69.9 cm³/mol. The number of nitrogens with zero attached hydrogens (tertiary/aromatic N) is 1. The molecule has 1 fully saturated rings. The lowest BCUT2D eigenvalue weighted by Gasteiger charge is -2.32. The molecule has 1 saturated heterocycles. The molecule has 1 aliphatic heterocycles. The normalized spacial score (nSPS) is 15.9. The van der Waals surface area contributed by atoms with Crippen LogP contribution in [0.1, 0.15) is 19.3 Å². The second kappa shape index (κ2) is 8.49. The van der Waals surface area contributed by atoms with Crippen molar-refractivity contribution in [1.29, 1.82) is 0 Å². The third-order valence-electron chi connectivity index (χ3n) is 3.09. The lowest BCUT2D eigenvalue weighted by molar-refractivity contribution is -0.139. The van der Waals surface area contributed by atoms with E-state index in [9.17, 15) is 14.4 Å². The number of carbonyl (C=O) groups excluding carboxylic acids is 2. The predicted octanol–water partition coefficient (Wildman–Crippen LogP) is -1.46. The van der Waals surface area contributed by atoms with Gasteiger partial charge in [0.1, 0.15) is 0 Å². The van der Waals surface area contributed by atoms with Crippen molar-refractivity contribution in [3.63, 3.8) is 0 Å². The van der Waals surface area contributed by atoms with Crippen molar-refractivity contribution in [3.8, 4) is 0 Å². The summed E-state index contributed by atoms with van der Waals surface area (Å²) in [5, 5.41) is 10.9. The van der Waals surface area contributed by atoms with Crippen LogP contribution in [0.15, 0.2) is 0 Å². The van der Waals surface area contributed by atoms with Crippen LogP contribution in [0.3, 0.4) is 0 Å². The van der Waals surface area contributed by atoms with Crippen molar-refractivity contribution in [1.82, 2.24) is 10.2 Å². The van der Waals surface area contributed by atoms with Gasteiger partial charge in [0, 0.05) is 13.1 Å². The number of likely N-dealkylation sites (tertiary alicyclic amines) is 1. The first-order chi connectivity index (χ1) is 9.52. The van der Waals surface area contributed by atoms with Gasteiger partial charge < -0.3 is 25.8 Å². The second-order valence-corrected chi connectivity index (χ2v) is 4.58. The van der Waals surface area contributed by atoms with Gasteiger partial charge >= 0.3 is 5.97 Å². The van der Waals surface area contributed by atoms with E-state index in [4.69, 9.17) is 15.6 Å². The van der Waals surface area contributed by atoms with E-state index in [2.05, 4.69) is 5.32 Å². The first-order valence-electron chi connectivity index (χ1n) is 6.61. The molecule has 114 valence electrons. The molecule has 0 unspecified atom stereocenters. The maximum absolute atomic E-state index is 11.8. The van der Waals surface area contributed by atoms with Gasteiger partial charge in [-0.05, 0) is 12.8 Å². The molecule has 0 saturated carbocycles. The number of hydrogen-bond donors (Lipinski definition) is 3. The van der Waals surface area contributed by atoms with E-state index in [1.54, 1.807) is 4.90 Å². The van der Waals surface area contributed by atoms with E-state index in [-0.39, 0.29) is 44.0 Å². The van der Waals surface area contributed by atoms with E-state index in [1.165, 1.54) is 0 Å². The average molecular weight is 287 g/mol. The summed E-state index contributed by atoms with van der Waals surface area (Å²) in [6, 6.07) is 0. The van der Waals surface area contributed by atoms with Crippen LogP contribution in [0, 0.1) is 0 Å². The number of carbonyl (C=O) groups is 3. The third-order valence-corrected chi connectivity index (χ3v) is 3.09. The van der Waals surface area contributed by atoms with E-state index >= 15 is 0 Å². The molecular formula is C12H21N3O5. The highest BCUT2D eigenvalue weighted by Gasteiger charge is 2.23. The molecule has 0 aromatic rings. The largest absolute Gasteiger partial charge is 0.481 e. The minimum atomic E-state index is -0.881. The smallest absolute Gasteiger partial charge is 0.305 e. The van der Waals surface area contributed by atoms with Gasteiger partial charge in [-0.25, -0.2) is 0 Å². The molecule has 0 bridgehead atoms. The van der Waals surface area contributed by atoms with Crippen molar-refractivity contribution >= 4 is 17.8 Å². The Balaban J connectivity index is 2.19. The number of rotatable bonds is 7. The van der Waals surface area contributed by atoms with Crippen LogP contribution in [-0.4, -0.2) is 66.7 Å². The van der Waals surface area contributed by atoms with Gasteiger partial charge in [0.2, 0.25) is 11.8 Å². The standard InChI is InChI=1S/C12H21N3O5/c13-7-10(16)14-8-11(17)15-4-1-9(2-5-15)20-6-3-12(18)19/h9H,1-8,13H2,(H,14,16)(H,18,19). The summed E-state index contributed by atoms with van der Waals surface area (Å²) in [5.41, 5.74) is 5.13. The number of nitrogens with one attached hydrogen (secondary N) is 1. The van der Waals surface area contributed by atoms with E-state index < -0.39 is 5.97 Å². The number of amides is 2. The molecule has 4 N–H and O–H groups in total. The molecule has 2 amide bonds. The van der Waals surface area contributed by atoms with Crippen molar-refractivity contribution in [2.45, 2.75) is 25.4 Å². The van der Waals surface area contributed by atoms with Crippen LogP contribution in [0.5, 0.6) is 0 Å². The lowest BCUT2D eigenvalue weighted by atomic mass is 10.1. The topological polar surface area (TPSA) is 122 Å². The van der Waals surface area contributed by atoms with E-state index in [0.717, 1.165) is 0 Å². The molecule has 1 rings (SSSR count). The average Bonchev–Trinajstić information content (AvgIpc) is 2.44. The number of hydrogen-bond acceptors (Lipinski definition) is 5. The zero-order chi connectivity index (χ0) is 15.0. The minimum Gasteiger partial charge on any atom is -0.481 e. The monoisotopic (exact) mass is 287 g/mol. The van der Waals surface area contributed by atoms with Crippen molar-refractivity contribution in [3.05, 3.63) is 0 Å². The highest BCUT2D eigenvalue weighted by atomic mass is 16.5. The first-order valence-corrected chi connectivity index (χ1v) is 6.61. The summed E-state index contributed by atoms with van der Waals surface area (Å²) in [6.45, 7) is 1.12.